The second kappa shape index (κ2) is 5.73. The molecule has 0 atom stereocenters. The number of alkyl halides is 3. The Hall–Kier alpha value is -1.72. The number of hydrogen-bond donors (Lipinski definition) is 2. The molecule has 110 valence electrons. The first-order chi connectivity index (χ1) is 9.38. The van der Waals surface area contributed by atoms with Crippen molar-refractivity contribution in [3.63, 3.8) is 0 Å². The van der Waals surface area contributed by atoms with Gasteiger partial charge in [-0.2, -0.15) is 13.2 Å². The standard InChI is InChI=1S/C14H16F3NO2/c15-14(16,17)10-5-6-12(11(7-10)13(19)20)18-8-9-3-1-2-4-9/h5-7,9,18H,1-4,8H2,(H,19,20). The lowest BCUT2D eigenvalue weighted by atomic mass is 10.1. The molecule has 1 aliphatic rings. The van der Waals surface area contributed by atoms with E-state index in [1.807, 2.05) is 0 Å². The Morgan fingerprint density at radius 3 is 2.50 bits per heavy atom. The van der Waals surface area contributed by atoms with E-state index < -0.39 is 17.7 Å². The number of nitrogens with one attached hydrogen (secondary N) is 1. The quantitative estimate of drug-likeness (QED) is 0.879. The van der Waals surface area contributed by atoms with Crippen molar-refractivity contribution < 1.29 is 23.1 Å². The summed E-state index contributed by atoms with van der Waals surface area (Å²) in [5.41, 5.74) is -1.03. The van der Waals surface area contributed by atoms with Gasteiger partial charge in [0.15, 0.2) is 0 Å². The molecule has 3 nitrogen and oxygen atoms in total. The molecular formula is C14H16F3NO2. The molecule has 2 N–H and O–H groups in total. The fraction of sp³-hybridized carbons (Fsp3) is 0.500. The number of carbonyl (C=O) groups is 1. The lowest BCUT2D eigenvalue weighted by molar-refractivity contribution is -0.137. The van der Waals surface area contributed by atoms with E-state index in [4.69, 9.17) is 5.11 Å². The Morgan fingerprint density at radius 1 is 1.30 bits per heavy atom. The van der Waals surface area contributed by atoms with Crippen molar-refractivity contribution >= 4 is 11.7 Å². The van der Waals surface area contributed by atoms with Crippen LogP contribution in [0, 0.1) is 5.92 Å². The average Bonchev–Trinajstić information content (AvgIpc) is 2.88. The monoisotopic (exact) mass is 287 g/mol. The summed E-state index contributed by atoms with van der Waals surface area (Å²) in [6, 6.07) is 2.78. The SMILES string of the molecule is O=C(O)c1cc(C(F)(F)F)ccc1NCC1CCCC1. The molecule has 1 aromatic carbocycles. The topological polar surface area (TPSA) is 49.3 Å². The summed E-state index contributed by atoms with van der Waals surface area (Å²) in [6.45, 7) is 0.603. The largest absolute Gasteiger partial charge is 0.478 e. The zero-order chi connectivity index (χ0) is 14.8. The van der Waals surface area contributed by atoms with Crippen molar-refractivity contribution in [3.05, 3.63) is 29.3 Å². The Morgan fingerprint density at radius 2 is 1.95 bits per heavy atom. The molecule has 1 fully saturated rings. The fourth-order valence-corrected chi connectivity index (χ4v) is 2.52. The third-order valence-corrected chi connectivity index (χ3v) is 3.63. The van der Waals surface area contributed by atoms with Gasteiger partial charge in [0.05, 0.1) is 11.1 Å². The predicted molar refractivity (Wildman–Crippen MR) is 68.9 cm³/mol. The van der Waals surface area contributed by atoms with E-state index in [2.05, 4.69) is 5.32 Å². The first-order valence-electron chi connectivity index (χ1n) is 6.56. The number of benzene rings is 1. The maximum Gasteiger partial charge on any atom is 0.416 e. The second-order valence-corrected chi connectivity index (χ2v) is 5.09. The van der Waals surface area contributed by atoms with Gasteiger partial charge in [0.2, 0.25) is 0 Å². The molecule has 0 amide bonds. The van der Waals surface area contributed by atoms with Gasteiger partial charge in [-0.3, -0.25) is 0 Å². The summed E-state index contributed by atoms with van der Waals surface area (Å²) in [5, 5.41) is 12.0. The lowest BCUT2D eigenvalue weighted by Gasteiger charge is -2.15. The van der Waals surface area contributed by atoms with Crippen molar-refractivity contribution in [1.29, 1.82) is 0 Å². The Labute approximate surface area is 114 Å². The molecule has 1 aromatic rings. The van der Waals surface area contributed by atoms with E-state index in [0.717, 1.165) is 31.7 Å². The molecule has 0 heterocycles. The molecule has 0 spiro atoms. The van der Waals surface area contributed by atoms with Crippen LogP contribution in [0.3, 0.4) is 0 Å². The van der Waals surface area contributed by atoms with Crippen LogP contribution in [0.15, 0.2) is 18.2 Å². The number of carboxylic acid groups (broad SMARTS) is 1. The van der Waals surface area contributed by atoms with Gasteiger partial charge in [0, 0.05) is 12.2 Å². The number of hydrogen-bond acceptors (Lipinski definition) is 2. The molecular weight excluding hydrogens is 271 g/mol. The normalized spacial score (nSPS) is 16.4. The first kappa shape index (κ1) is 14.7. The predicted octanol–water partition coefficient (Wildman–Crippen LogP) is 4.01. The van der Waals surface area contributed by atoms with Crippen molar-refractivity contribution in [1.82, 2.24) is 0 Å². The van der Waals surface area contributed by atoms with E-state index in [0.29, 0.717) is 18.5 Å². The van der Waals surface area contributed by atoms with E-state index in [-0.39, 0.29) is 11.3 Å². The molecule has 20 heavy (non-hydrogen) atoms. The minimum absolute atomic E-state index is 0.248. The van der Waals surface area contributed by atoms with Gasteiger partial charge in [-0.15, -0.1) is 0 Å². The number of carboxylic acids is 1. The van der Waals surface area contributed by atoms with Gasteiger partial charge in [-0.1, -0.05) is 12.8 Å². The number of rotatable bonds is 4. The molecule has 6 heteroatoms. The summed E-state index contributed by atoms with van der Waals surface area (Å²) >= 11 is 0. The number of anilines is 1. The molecule has 0 radical (unpaired) electrons. The fourth-order valence-electron chi connectivity index (χ4n) is 2.52. The van der Waals surface area contributed by atoms with E-state index in [9.17, 15) is 18.0 Å². The molecule has 0 aliphatic heterocycles. The molecule has 0 saturated heterocycles. The summed E-state index contributed by atoms with van der Waals surface area (Å²) in [6.07, 6.45) is -0.0590. The molecule has 1 saturated carbocycles. The molecule has 2 rings (SSSR count). The Kier molecular flexibility index (Phi) is 4.20. The van der Waals surface area contributed by atoms with Crippen LogP contribution in [0.4, 0.5) is 18.9 Å². The summed E-state index contributed by atoms with van der Waals surface area (Å²) < 4.78 is 37.7. The number of halogens is 3. The summed E-state index contributed by atoms with van der Waals surface area (Å²) in [7, 11) is 0. The van der Waals surface area contributed by atoms with E-state index >= 15 is 0 Å². The van der Waals surface area contributed by atoms with E-state index in [1.165, 1.54) is 6.07 Å². The minimum Gasteiger partial charge on any atom is -0.478 e. The molecule has 0 unspecified atom stereocenters. The average molecular weight is 287 g/mol. The van der Waals surface area contributed by atoms with Crippen LogP contribution >= 0.6 is 0 Å². The zero-order valence-corrected chi connectivity index (χ0v) is 10.8. The van der Waals surface area contributed by atoms with Crippen LogP contribution in [0.25, 0.3) is 0 Å². The van der Waals surface area contributed by atoms with Gasteiger partial charge >= 0.3 is 12.1 Å². The van der Waals surface area contributed by atoms with Crippen LogP contribution < -0.4 is 5.32 Å². The highest BCUT2D eigenvalue weighted by atomic mass is 19.4. The molecule has 1 aliphatic carbocycles. The van der Waals surface area contributed by atoms with Crippen LogP contribution in [-0.2, 0) is 6.18 Å². The van der Waals surface area contributed by atoms with Crippen LogP contribution in [0.1, 0.15) is 41.6 Å². The van der Waals surface area contributed by atoms with E-state index in [1.54, 1.807) is 0 Å². The summed E-state index contributed by atoms with van der Waals surface area (Å²) in [5.74, 6) is -0.885. The lowest BCUT2D eigenvalue weighted by Crippen LogP contribution is -2.15. The zero-order valence-electron chi connectivity index (χ0n) is 10.8. The van der Waals surface area contributed by atoms with Crippen LogP contribution in [0.2, 0.25) is 0 Å². The van der Waals surface area contributed by atoms with Gasteiger partial charge < -0.3 is 10.4 Å². The second-order valence-electron chi connectivity index (χ2n) is 5.09. The number of aromatic carboxylic acids is 1. The van der Waals surface area contributed by atoms with Crippen LogP contribution in [-0.4, -0.2) is 17.6 Å². The van der Waals surface area contributed by atoms with Gasteiger partial charge in [0.1, 0.15) is 0 Å². The summed E-state index contributed by atoms with van der Waals surface area (Å²) in [4.78, 5) is 11.1. The van der Waals surface area contributed by atoms with Gasteiger partial charge in [-0.25, -0.2) is 4.79 Å². The third-order valence-electron chi connectivity index (χ3n) is 3.63. The smallest absolute Gasteiger partial charge is 0.416 e. The minimum atomic E-state index is -4.53. The molecule has 0 bridgehead atoms. The van der Waals surface area contributed by atoms with Crippen LogP contribution in [0.5, 0.6) is 0 Å². The first-order valence-corrected chi connectivity index (χ1v) is 6.56. The highest BCUT2D eigenvalue weighted by Gasteiger charge is 2.31. The third kappa shape index (κ3) is 3.43. The van der Waals surface area contributed by atoms with Gasteiger partial charge in [-0.05, 0) is 37.0 Å². The Balaban J connectivity index is 2.17. The molecule has 0 aromatic heterocycles. The van der Waals surface area contributed by atoms with Crippen molar-refractivity contribution in [2.45, 2.75) is 31.9 Å². The Bertz CT molecular complexity index is 494. The highest BCUT2D eigenvalue weighted by molar-refractivity contribution is 5.94. The van der Waals surface area contributed by atoms with Crippen molar-refractivity contribution in [3.8, 4) is 0 Å². The van der Waals surface area contributed by atoms with Crippen molar-refractivity contribution in [2.24, 2.45) is 5.92 Å². The highest BCUT2D eigenvalue weighted by Crippen LogP contribution is 2.32. The van der Waals surface area contributed by atoms with Crippen molar-refractivity contribution in [2.75, 3.05) is 11.9 Å². The maximum atomic E-state index is 12.6. The van der Waals surface area contributed by atoms with Gasteiger partial charge in [0.25, 0.3) is 0 Å². The maximum absolute atomic E-state index is 12.6.